The van der Waals surface area contributed by atoms with E-state index in [2.05, 4.69) is 41.6 Å². The van der Waals surface area contributed by atoms with E-state index in [1.54, 1.807) is 6.07 Å². The number of likely N-dealkylation sites (tertiary alicyclic amines) is 1. The van der Waals surface area contributed by atoms with E-state index < -0.39 is 0 Å². The molecule has 1 atom stereocenters. The number of Topliss-reactive ketones (excluding diaryl/α,β-unsaturated/α-hetero) is 1. The van der Waals surface area contributed by atoms with E-state index in [-0.39, 0.29) is 17.7 Å². The van der Waals surface area contributed by atoms with Gasteiger partial charge in [-0.1, -0.05) is 49.4 Å². The van der Waals surface area contributed by atoms with Crippen molar-refractivity contribution in [1.82, 2.24) is 10.2 Å². The highest BCUT2D eigenvalue weighted by molar-refractivity contribution is 5.99. The van der Waals surface area contributed by atoms with Crippen LogP contribution < -0.4 is 10.6 Å². The Bertz CT molecular complexity index is 814. The highest BCUT2D eigenvalue weighted by Gasteiger charge is 2.24. The number of ketones is 1. The molecule has 1 saturated heterocycles. The number of benzene rings is 2. The molecule has 5 heteroatoms. The Hall–Kier alpha value is -2.66. The van der Waals surface area contributed by atoms with Gasteiger partial charge >= 0.3 is 6.03 Å². The van der Waals surface area contributed by atoms with Crippen molar-refractivity contribution < 1.29 is 9.59 Å². The van der Waals surface area contributed by atoms with Crippen molar-refractivity contribution >= 4 is 17.5 Å². The average molecular weight is 394 g/mol. The Morgan fingerprint density at radius 2 is 1.79 bits per heavy atom. The van der Waals surface area contributed by atoms with E-state index in [0.29, 0.717) is 23.7 Å². The minimum Gasteiger partial charge on any atom is -0.338 e. The number of carbonyl (C=O) groups excluding carboxylic acids is 2. The van der Waals surface area contributed by atoms with Crippen LogP contribution in [0, 0.1) is 5.92 Å². The van der Waals surface area contributed by atoms with Gasteiger partial charge in [-0.25, -0.2) is 4.79 Å². The first kappa shape index (κ1) is 21.1. The minimum atomic E-state index is -0.242. The van der Waals surface area contributed by atoms with E-state index in [9.17, 15) is 9.59 Å². The molecule has 154 valence electrons. The van der Waals surface area contributed by atoms with Crippen molar-refractivity contribution in [2.24, 2.45) is 5.92 Å². The van der Waals surface area contributed by atoms with Crippen LogP contribution in [0.4, 0.5) is 10.5 Å². The summed E-state index contributed by atoms with van der Waals surface area (Å²) in [5.41, 5.74) is 2.60. The summed E-state index contributed by atoms with van der Waals surface area (Å²) in [5, 5.41) is 5.76. The summed E-state index contributed by atoms with van der Waals surface area (Å²) < 4.78 is 0. The molecule has 2 amide bonds. The minimum absolute atomic E-state index is 0.0785. The summed E-state index contributed by atoms with van der Waals surface area (Å²) in [6, 6.07) is 17.3. The second-order valence-electron chi connectivity index (χ2n) is 8.00. The number of urea groups is 1. The highest BCUT2D eigenvalue weighted by atomic mass is 16.2. The van der Waals surface area contributed by atoms with Crippen LogP contribution in [-0.4, -0.2) is 43.4 Å². The van der Waals surface area contributed by atoms with Gasteiger partial charge < -0.3 is 15.5 Å². The Morgan fingerprint density at radius 1 is 1.07 bits per heavy atom. The molecule has 1 heterocycles. The number of hydrogen-bond donors (Lipinski definition) is 2. The number of nitrogens with one attached hydrogen (secondary N) is 2. The molecule has 0 radical (unpaired) electrons. The zero-order valence-corrected chi connectivity index (χ0v) is 17.4. The molecule has 0 spiro atoms. The van der Waals surface area contributed by atoms with Gasteiger partial charge in [0, 0.05) is 23.7 Å². The average Bonchev–Trinajstić information content (AvgIpc) is 2.74. The second-order valence-corrected chi connectivity index (χ2v) is 8.00. The number of nitrogens with zero attached hydrogens (tertiary/aromatic N) is 1. The molecule has 0 aliphatic carbocycles. The summed E-state index contributed by atoms with van der Waals surface area (Å²) in [5.74, 6) is 0.639. The van der Waals surface area contributed by atoms with Crippen molar-refractivity contribution in [3.63, 3.8) is 0 Å². The molecule has 29 heavy (non-hydrogen) atoms. The molecule has 2 aromatic rings. The van der Waals surface area contributed by atoms with Gasteiger partial charge in [-0.15, -0.1) is 0 Å². The highest BCUT2D eigenvalue weighted by Crippen LogP contribution is 2.22. The number of rotatable bonds is 7. The molecular weight excluding hydrogens is 362 g/mol. The number of hydrogen-bond acceptors (Lipinski definition) is 3. The van der Waals surface area contributed by atoms with Crippen LogP contribution in [0.5, 0.6) is 0 Å². The second kappa shape index (κ2) is 10.2. The van der Waals surface area contributed by atoms with E-state index in [0.717, 1.165) is 32.4 Å². The van der Waals surface area contributed by atoms with Crippen LogP contribution in [-0.2, 0) is 0 Å². The molecule has 1 unspecified atom stereocenters. The van der Waals surface area contributed by atoms with Gasteiger partial charge in [-0.2, -0.15) is 0 Å². The lowest BCUT2D eigenvalue weighted by Gasteiger charge is -2.28. The number of carbonyl (C=O) groups is 2. The maximum Gasteiger partial charge on any atom is 0.319 e. The smallest absolute Gasteiger partial charge is 0.319 e. The largest absolute Gasteiger partial charge is 0.338 e. The lowest BCUT2D eigenvalue weighted by molar-refractivity contribution is 0.0857. The van der Waals surface area contributed by atoms with Crippen molar-refractivity contribution in [2.75, 3.05) is 32.0 Å². The quantitative estimate of drug-likeness (QED) is 0.680. The van der Waals surface area contributed by atoms with Crippen LogP contribution in [0.15, 0.2) is 54.6 Å². The maximum absolute atomic E-state index is 12.8. The van der Waals surface area contributed by atoms with E-state index >= 15 is 0 Å². The first-order valence-corrected chi connectivity index (χ1v) is 10.5. The van der Waals surface area contributed by atoms with Crippen molar-refractivity contribution in [1.29, 1.82) is 0 Å². The van der Waals surface area contributed by atoms with Crippen molar-refractivity contribution in [3.05, 3.63) is 65.7 Å². The van der Waals surface area contributed by atoms with Gasteiger partial charge in [0.2, 0.25) is 0 Å². The molecule has 0 saturated carbocycles. The van der Waals surface area contributed by atoms with Crippen molar-refractivity contribution in [3.8, 4) is 0 Å². The fourth-order valence-corrected chi connectivity index (χ4v) is 3.78. The first-order valence-electron chi connectivity index (χ1n) is 10.5. The third-order valence-electron chi connectivity index (χ3n) is 5.73. The number of anilines is 1. The molecule has 2 N–H and O–H groups in total. The maximum atomic E-state index is 12.8. The standard InChI is InChI=1S/C24H31N3O2/c1-18(19-7-4-3-5-8-19)11-14-25-24(29)26-22-10-6-9-21(17-22)23(28)20-12-15-27(2)16-13-20/h3-10,17-18,20H,11-16H2,1-2H3,(H2,25,26,29). The zero-order valence-electron chi connectivity index (χ0n) is 17.4. The summed E-state index contributed by atoms with van der Waals surface area (Å²) in [6.45, 7) is 4.67. The third-order valence-corrected chi connectivity index (χ3v) is 5.73. The number of piperidine rings is 1. The third kappa shape index (κ3) is 6.16. The van der Waals surface area contributed by atoms with Gasteiger partial charge in [-0.3, -0.25) is 4.79 Å². The summed E-state index contributed by atoms with van der Waals surface area (Å²) in [4.78, 5) is 27.3. The number of amides is 2. The van der Waals surface area contributed by atoms with Crippen LogP contribution in [0.25, 0.3) is 0 Å². The van der Waals surface area contributed by atoms with Gasteiger partial charge in [0.05, 0.1) is 0 Å². The van der Waals surface area contributed by atoms with E-state index in [1.165, 1.54) is 5.56 Å². The SMILES string of the molecule is CC(CCNC(=O)Nc1cccc(C(=O)C2CCN(C)CC2)c1)c1ccccc1. The molecule has 0 aromatic heterocycles. The predicted octanol–water partition coefficient (Wildman–Crippen LogP) is 4.53. The van der Waals surface area contributed by atoms with Gasteiger partial charge in [0.15, 0.2) is 5.78 Å². The van der Waals surface area contributed by atoms with Gasteiger partial charge in [-0.05, 0) is 63.0 Å². The van der Waals surface area contributed by atoms with Crippen LogP contribution in [0.2, 0.25) is 0 Å². The van der Waals surface area contributed by atoms with Gasteiger partial charge in [0.1, 0.15) is 0 Å². The summed E-state index contributed by atoms with van der Waals surface area (Å²) in [7, 11) is 2.09. The topological polar surface area (TPSA) is 61.4 Å². The van der Waals surface area contributed by atoms with Crippen LogP contribution >= 0.6 is 0 Å². The van der Waals surface area contributed by atoms with Crippen LogP contribution in [0.3, 0.4) is 0 Å². The molecular formula is C24H31N3O2. The lowest BCUT2D eigenvalue weighted by Crippen LogP contribution is -2.33. The Kier molecular flexibility index (Phi) is 7.42. The molecule has 1 aliphatic rings. The molecule has 0 bridgehead atoms. The first-order chi connectivity index (χ1) is 14.0. The summed E-state index contributed by atoms with van der Waals surface area (Å²) >= 11 is 0. The Labute approximate surface area is 173 Å². The van der Waals surface area contributed by atoms with Crippen molar-refractivity contribution in [2.45, 2.75) is 32.1 Å². The van der Waals surface area contributed by atoms with Gasteiger partial charge in [0.25, 0.3) is 0 Å². The summed E-state index contributed by atoms with van der Waals surface area (Å²) in [6.07, 6.45) is 2.66. The molecule has 1 fully saturated rings. The molecule has 2 aromatic carbocycles. The fraction of sp³-hybridized carbons (Fsp3) is 0.417. The molecule has 3 rings (SSSR count). The molecule has 5 nitrogen and oxygen atoms in total. The molecule has 1 aliphatic heterocycles. The zero-order chi connectivity index (χ0) is 20.6. The van der Waals surface area contributed by atoms with E-state index in [1.807, 2.05) is 36.4 Å². The van der Waals surface area contributed by atoms with Crippen LogP contribution in [0.1, 0.15) is 48.0 Å². The van der Waals surface area contributed by atoms with E-state index in [4.69, 9.17) is 0 Å². The predicted molar refractivity (Wildman–Crippen MR) is 117 cm³/mol. The fourth-order valence-electron chi connectivity index (χ4n) is 3.78. The lowest BCUT2D eigenvalue weighted by atomic mass is 9.89. The Morgan fingerprint density at radius 3 is 2.52 bits per heavy atom. The monoisotopic (exact) mass is 393 g/mol. The Balaban J connectivity index is 1.48. The normalized spacial score (nSPS) is 16.2.